The Morgan fingerprint density at radius 2 is 2.10 bits per heavy atom. The van der Waals surface area contributed by atoms with Gasteiger partial charge in [-0.2, -0.15) is 0 Å². The van der Waals surface area contributed by atoms with Crippen LogP contribution in [0.2, 0.25) is 0 Å². The summed E-state index contributed by atoms with van der Waals surface area (Å²) in [5.41, 5.74) is 0.0351. The predicted octanol–water partition coefficient (Wildman–Crippen LogP) is 2.27. The van der Waals surface area contributed by atoms with Crippen molar-refractivity contribution < 1.29 is 4.92 Å². The summed E-state index contributed by atoms with van der Waals surface area (Å²) < 4.78 is 0. The fourth-order valence-electron chi connectivity index (χ4n) is 3.54. The Bertz CT molecular complexity index is 476. The summed E-state index contributed by atoms with van der Waals surface area (Å²) in [6.45, 7) is 0.908. The molecule has 1 aromatic rings. The molecule has 2 atom stereocenters. The van der Waals surface area contributed by atoms with Crippen LogP contribution < -0.4 is 5.32 Å². The molecule has 0 radical (unpaired) electrons. The van der Waals surface area contributed by atoms with E-state index < -0.39 is 4.92 Å². The van der Waals surface area contributed by atoms with Crippen molar-refractivity contribution in [2.75, 3.05) is 18.9 Å². The molecule has 0 saturated carbocycles. The molecule has 0 spiro atoms. The van der Waals surface area contributed by atoms with E-state index in [2.05, 4.69) is 22.2 Å². The zero-order valence-electron chi connectivity index (χ0n) is 11.7. The topological polar surface area (TPSA) is 71.3 Å². The molecule has 1 aromatic heterocycles. The second kappa shape index (κ2) is 5.36. The number of fused-ring (bicyclic) bond motifs is 2. The Balaban J connectivity index is 1.54. The van der Waals surface area contributed by atoms with Crippen molar-refractivity contribution >= 4 is 11.5 Å². The molecule has 0 aromatic carbocycles. The zero-order chi connectivity index (χ0) is 14.1. The van der Waals surface area contributed by atoms with Gasteiger partial charge in [-0.1, -0.05) is 0 Å². The van der Waals surface area contributed by atoms with Gasteiger partial charge in [-0.05, 0) is 44.7 Å². The van der Waals surface area contributed by atoms with Crippen LogP contribution >= 0.6 is 0 Å². The minimum atomic E-state index is -0.425. The summed E-state index contributed by atoms with van der Waals surface area (Å²) in [5, 5.41) is 13.9. The van der Waals surface area contributed by atoms with Crippen LogP contribution in [0.4, 0.5) is 11.5 Å². The molecule has 2 fully saturated rings. The van der Waals surface area contributed by atoms with Crippen molar-refractivity contribution in [3.8, 4) is 0 Å². The van der Waals surface area contributed by atoms with Crippen molar-refractivity contribution in [1.29, 1.82) is 0 Å². The highest BCUT2D eigenvalue weighted by molar-refractivity contribution is 5.40. The third-order valence-corrected chi connectivity index (χ3v) is 4.73. The third-order valence-electron chi connectivity index (χ3n) is 4.73. The molecule has 2 unspecified atom stereocenters. The molecule has 6 heteroatoms. The van der Waals surface area contributed by atoms with Gasteiger partial charge in [-0.15, -0.1) is 0 Å². The van der Waals surface area contributed by atoms with Crippen LogP contribution in [0, 0.1) is 16.0 Å². The van der Waals surface area contributed by atoms with E-state index in [0.717, 1.165) is 24.4 Å². The Labute approximate surface area is 118 Å². The first-order valence-corrected chi connectivity index (χ1v) is 7.19. The maximum Gasteiger partial charge on any atom is 0.287 e. The van der Waals surface area contributed by atoms with Gasteiger partial charge >= 0.3 is 0 Å². The standard InChI is InChI=1S/C14H20N4O2/c1-17-11-2-3-12(17)7-10(6-11)8-15-14-5-4-13(9-16-14)18(19)20/h4-5,9-12H,2-3,6-8H2,1H3,(H,15,16). The molecular weight excluding hydrogens is 256 g/mol. The van der Waals surface area contributed by atoms with E-state index in [1.807, 2.05) is 0 Å². The smallest absolute Gasteiger partial charge is 0.287 e. The fourth-order valence-corrected chi connectivity index (χ4v) is 3.54. The lowest BCUT2D eigenvalue weighted by atomic mass is 9.91. The van der Waals surface area contributed by atoms with E-state index in [0.29, 0.717) is 5.92 Å². The predicted molar refractivity (Wildman–Crippen MR) is 76.7 cm³/mol. The van der Waals surface area contributed by atoms with E-state index in [1.54, 1.807) is 6.07 Å². The van der Waals surface area contributed by atoms with Crippen LogP contribution in [0.1, 0.15) is 25.7 Å². The van der Waals surface area contributed by atoms with Gasteiger partial charge in [-0.25, -0.2) is 4.98 Å². The Morgan fingerprint density at radius 1 is 1.40 bits per heavy atom. The lowest BCUT2D eigenvalue weighted by Gasteiger charge is -2.36. The SMILES string of the molecule is CN1C2CCC1CC(CNc1ccc([N+](=O)[O-])cn1)C2. The maximum absolute atomic E-state index is 10.6. The molecule has 2 aliphatic rings. The molecule has 20 heavy (non-hydrogen) atoms. The molecule has 6 nitrogen and oxygen atoms in total. The highest BCUT2D eigenvalue weighted by atomic mass is 16.6. The van der Waals surface area contributed by atoms with Gasteiger partial charge in [0.1, 0.15) is 12.0 Å². The van der Waals surface area contributed by atoms with Crippen LogP contribution in [-0.4, -0.2) is 40.5 Å². The van der Waals surface area contributed by atoms with Crippen molar-refractivity contribution in [2.45, 2.75) is 37.8 Å². The maximum atomic E-state index is 10.6. The third kappa shape index (κ3) is 2.60. The number of pyridine rings is 1. The van der Waals surface area contributed by atoms with Crippen LogP contribution in [0.15, 0.2) is 18.3 Å². The van der Waals surface area contributed by atoms with Crippen LogP contribution in [0.3, 0.4) is 0 Å². The minimum Gasteiger partial charge on any atom is -0.370 e. The van der Waals surface area contributed by atoms with Crippen LogP contribution in [0.5, 0.6) is 0 Å². The molecular formula is C14H20N4O2. The first-order valence-electron chi connectivity index (χ1n) is 7.19. The molecule has 108 valence electrons. The number of nitrogens with zero attached hydrogens (tertiary/aromatic N) is 3. The van der Waals surface area contributed by atoms with E-state index in [-0.39, 0.29) is 5.69 Å². The van der Waals surface area contributed by atoms with Crippen molar-refractivity contribution in [1.82, 2.24) is 9.88 Å². The Kier molecular flexibility index (Phi) is 3.56. The summed E-state index contributed by atoms with van der Waals surface area (Å²) in [5.74, 6) is 1.41. The van der Waals surface area contributed by atoms with Crippen LogP contribution in [0.25, 0.3) is 0 Å². The van der Waals surface area contributed by atoms with E-state index >= 15 is 0 Å². The monoisotopic (exact) mass is 276 g/mol. The van der Waals surface area contributed by atoms with Gasteiger partial charge in [0.05, 0.1) is 4.92 Å². The molecule has 2 saturated heterocycles. The molecule has 0 aliphatic carbocycles. The zero-order valence-corrected chi connectivity index (χ0v) is 11.7. The van der Waals surface area contributed by atoms with E-state index in [1.165, 1.54) is 37.9 Å². The number of nitrogens with one attached hydrogen (secondary N) is 1. The van der Waals surface area contributed by atoms with Gasteiger partial charge in [0.25, 0.3) is 5.69 Å². The number of hydrogen-bond donors (Lipinski definition) is 1. The highest BCUT2D eigenvalue weighted by Crippen LogP contribution is 2.37. The number of aromatic nitrogens is 1. The van der Waals surface area contributed by atoms with Gasteiger partial charge < -0.3 is 10.2 Å². The molecule has 0 amide bonds. The molecule has 3 rings (SSSR count). The number of piperidine rings is 1. The fraction of sp³-hybridized carbons (Fsp3) is 0.643. The summed E-state index contributed by atoms with van der Waals surface area (Å²) in [6, 6.07) is 4.66. The van der Waals surface area contributed by atoms with E-state index in [4.69, 9.17) is 0 Å². The minimum absolute atomic E-state index is 0.0351. The number of hydrogen-bond acceptors (Lipinski definition) is 5. The van der Waals surface area contributed by atoms with E-state index in [9.17, 15) is 10.1 Å². The largest absolute Gasteiger partial charge is 0.370 e. The Morgan fingerprint density at radius 3 is 2.65 bits per heavy atom. The normalized spacial score (nSPS) is 29.4. The number of rotatable bonds is 4. The first kappa shape index (κ1) is 13.3. The number of anilines is 1. The molecule has 1 N–H and O–H groups in total. The Hall–Kier alpha value is -1.69. The highest BCUT2D eigenvalue weighted by Gasteiger charge is 2.38. The second-order valence-electron chi connectivity index (χ2n) is 5.93. The lowest BCUT2D eigenvalue weighted by molar-refractivity contribution is -0.385. The van der Waals surface area contributed by atoms with Crippen molar-refractivity contribution in [3.63, 3.8) is 0 Å². The van der Waals surface area contributed by atoms with Gasteiger partial charge in [0.2, 0.25) is 0 Å². The summed E-state index contributed by atoms with van der Waals surface area (Å²) in [6.07, 6.45) is 6.45. The average molecular weight is 276 g/mol. The molecule has 2 aliphatic heterocycles. The molecule has 2 bridgehead atoms. The van der Waals surface area contributed by atoms with Gasteiger partial charge in [-0.3, -0.25) is 10.1 Å². The first-order chi connectivity index (χ1) is 9.63. The van der Waals surface area contributed by atoms with Crippen LogP contribution in [-0.2, 0) is 0 Å². The average Bonchev–Trinajstić information content (AvgIpc) is 2.66. The second-order valence-corrected chi connectivity index (χ2v) is 5.93. The number of nitro groups is 1. The van der Waals surface area contributed by atoms with Gasteiger partial charge in [0, 0.05) is 24.7 Å². The molecule has 3 heterocycles. The summed E-state index contributed by atoms with van der Waals surface area (Å²) >= 11 is 0. The summed E-state index contributed by atoms with van der Waals surface area (Å²) in [4.78, 5) is 16.8. The quantitative estimate of drug-likeness (QED) is 0.674. The van der Waals surface area contributed by atoms with Crippen molar-refractivity contribution in [3.05, 3.63) is 28.4 Å². The van der Waals surface area contributed by atoms with Gasteiger partial charge in [0.15, 0.2) is 0 Å². The summed E-state index contributed by atoms with van der Waals surface area (Å²) in [7, 11) is 2.24. The lowest BCUT2D eigenvalue weighted by Crippen LogP contribution is -2.41. The van der Waals surface area contributed by atoms with Crippen molar-refractivity contribution in [2.24, 2.45) is 5.92 Å².